The minimum atomic E-state index is 0.0515. The number of aromatic nitrogens is 2. The lowest BCUT2D eigenvalue weighted by molar-refractivity contribution is 0.0937. The molecule has 2 aromatic rings. The average Bonchev–Trinajstić information content (AvgIpc) is 2.76. The highest BCUT2D eigenvalue weighted by Gasteiger charge is 2.68. The largest absolute Gasteiger partial charge is 0.292 e. The number of rotatable bonds is 3. The number of carbonyl (C=O) groups excluding carboxylic acids is 1. The molecule has 0 N–H and O–H groups in total. The van der Waals surface area contributed by atoms with Crippen LogP contribution >= 0.6 is 0 Å². The lowest BCUT2D eigenvalue weighted by Crippen LogP contribution is -2.13. The van der Waals surface area contributed by atoms with Crippen LogP contribution in [-0.4, -0.2) is 15.6 Å². The second-order valence-corrected chi connectivity index (χ2v) is 6.70. The quantitative estimate of drug-likeness (QED) is 0.795. The molecule has 1 aliphatic carbocycles. The molecule has 3 rings (SSSR count). The Kier molecular flexibility index (Phi) is 2.65. The summed E-state index contributed by atoms with van der Waals surface area (Å²) >= 11 is 0. The summed E-state index contributed by atoms with van der Waals surface area (Å²) in [5.41, 5.74) is 1.71. The van der Waals surface area contributed by atoms with E-state index in [-0.39, 0.29) is 22.5 Å². The molecule has 0 unspecified atom stereocenters. The average molecular weight is 268 g/mol. The van der Waals surface area contributed by atoms with Crippen LogP contribution in [0.2, 0.25) is 0 Å². The van der Waals surface area contributed by atoms with E-state index in [0.717, 1.165) is 5.69 Å². The van der Waals surface area contributed by atoms with Crippen molar-refractivity contribution < 1.29 is 4.79 Å². The smallest absolute Gasteiger partial charge is 0.185 e. The molecule has 3 nitrogen and oxygen atoms in total. The van der Waals surface area contributed by atoms with Crippen LogP contribution in [0.25, 0.3) is 5.69 Å². The fraction of sp³-hybridized carbons (Fsp3) is 0.412. The Hall–Kier alpha value is -1.90. The van der Waals surface area contributed by atoms with Crippen LogP contribution in [0, 0.1) is 16.7 Å². The molecular formula is C17H20N2O. The van der Waals surface area contributed by atoms with Gasteiger partial charge in [-0.3, -0.25) is 4.79 Å². The van der Waals surface area contributed by atoms with Gasteiger partial charge in [-0.05, 0) is 29.0 Å². The van der Waals surface area contributed by atoms with E-state index in [0.29, 0.717) is 5.69 Å². The van der Waals surface area contributed by atoms with Gasteiger partial charge in [-0.1, -0.05) is 45.9 Å². The molecule has 1 heterocycles. The summed E-state index contributed by atoms with van der Waals surface area (Å²) in [6, 6.07) is 11.6. The molecule has 1 saturated carbocycles. The van der Waals surface area contributed by atoms with Gasteiger partial charge in [0.25, 0.3) is 0 Å². The molecular weight excluding hydrogens is 248 g/mol. The van der Waals surface area contributed by atoms with E-state index in [1.54, 1.807) is 10.9 Å². The summed E-state index contributed by atoms with van der Waals surface area (Å²) < 4.78 is 1.74. The Morgan fingerprint density at radius 2 is 1.65 bits per heavy atom. The van der Waals surface area contributed by atoms with Gasteiger partial charge in [0, 0.05) is 5.92 Å². The molecule has 1 aliphatic rings. The van der Waals surface area contributed by atoms with Crippen molar-refractivity contribution in [3.63, 3.8) is 0 Å². The van der Waals surface area contributed by atoms with E-state index in [9.17, 15) is 4.79 Å². The van der Waals surface area contributed by atoms with Crippen molar-refractivity contribution in [3.8, 4) is 5.69 Å². The summed E-state index contributed by atoms with van der Waals surface area (Å²) in [4.78, 5) is 12.8. The summed E-state index contributed by atoms with van der Waals surface area (Å²) in [6.07, 6.45) is 1.70. The van der Waals surface area contributed by atoms with Crippen LogP contribution in [0.4, 0.5) is 0 Å². The molecule has 20 heavy (non-hydrogen) atoms. The Bertz CT molecular complexity index is 639. The van der Waals surface area contributed by atoms with E-state index in [1.807, 2.05) is 36.4 Å². The van der Waals surface area contributed by atoms with Crippen LogP contribution in [0.5, 0.6) is 0 Å². The zero-order valence-electron chi connectivity index (χ0n) is 12.4. The molecule has 0 radical (unpaired) electrons. The highest BCUT2D eigenvalue weighted by atomic mass is 16.1. The highest BCUT2D eigenvalue weighted by molar-refractivity contribution is 6.00. The first-order valence-electron chi connectivity index (χ1n) is 7.01. The standard InChI is InChI=1S/C17H20N2O/c1-16(2)15(17(16,3)4)14(20)13-10-11-18-19(13)12-8-6-5-7-9-12/h5-11,15H,1-4H3. The van der Waals surface area contributed by atoms with Crippen molar-refractivity contribution in [2.75, 3.05) is 0 Å². The Morgan fingerprint density at radius 3 is 2.20 bits per heavy atom. The van der Waals surface area contributed by atoms with Crippen LogP contribution in [0.3, 0.4) is 0 Å². The van der Waals surface area contributed by atoms with Gasteiger partial charge < -0.3 is 0 Å². The van der Waals surface area contributed by atoms with Crippen molar-refractivity contribution in [2.24, 2.45) is 16.7 Å². The predicted molar refractivity (Wildman–Crippen MR) is 78.9 cm³/mol. The minimum absolute atomic E-state index is 0.0515. The molecule has 3 heteroatoms. The maximum Gasteiger partial charge on any atom is 0.185 e. The Labute approximate surface area is 119 Å². The third-order valence-corrected chi connectivity index (χ3v) is 5.18. The lowest BCUT2D eigenvalue weighted by atomic mass is 10.0. The Balaban J connectivity index is 1.98. The summed E-state index contributed by atoms with van der Waals surface area (Å²) in [5, 5.41) is 4.31. The SMILES string of the molecule is CC1(C)C(C(=O)c2ccnn2-c2ccccc2)C1(C)C. The third kappa shape index (κ3) is 1.65. The number of Topliss-reactive ketones (excluding diaryl/α,β-unsaturated/α-hetero) is 1. The first-order valence-corrected chi connectivity index (χ1v) is 7.01. The van der Waals surface area contributed by atoms with Gasteiger partial charge in [-0.15, -0.1) is 0 Å². The van der Waals surface area contributed by atoms with Crippen molar-refractivity contribution >= 4 is 5.78 Å². The number of hydrogen-bond acceptors (Lipinski definition) is 2. The van der Waals surface area contributed by atoms with Crippen molar-refractivity contribution in [1.29, 1.82) is 0 Å². The summed E-state index contributed by atoms with van der Waals surface area (Å²) in [6.45, 7) is 8.66. The monoisotopic (exact) mass is 268 g/mol. The fourth-order valence-electron chi connectivity index (χ4n) is 3.26. The van der Waals surface area contributed by atoms with Crippen LogP contribution in [0.1, 0.15) is 38.2 Å². The van der Waals surface area contributed by atoms with Crippen molar-refractivity contribution in [1.82, 2.24) is 9.78 Å². The lowest BCUT2D eigenvalue weighted by Gasteiger charge is -2.07. The second kappa shape index (κ2) is 4.05. The third-order valence-electron chi connectivity index (χ3n) is 5.18. The zero-order valence-corrected chi connectivity index (χ0v) is 12.4. The van der Waals surface area contributed by atoms with Crippen LogP contribution in [0.15, 0.2) is 42.6 Å². The van der Waals surface area contributed by atoms with Gasteiger partial charge in [0.05, 0.1) is 11.9 Å². The number of benzene rings is 1. The molecule has 0 amide bonds. The van der Waals surface area contributed by atoms with E-state index in [2.05, 4.69) is 32.8 Å². The molecule has 0 aliphatic heterocycles. The normalized spacial score (nSPS) is 19.8. The van der Waals surface area contributed by atoms with Crippen molar-refractivity contribution in [2.45, 2.75) is 27.7 Å². The molecule has 1 fully saturated rings. The number of nitrogens with zero attached hydrogens (tertiary/aromatic N) is 2. The van der Waals surface area contributed by atoms with Crippen LogP contribution in [-0.2, 0) is 0 Å². The van der Waals surface area contributed by atoms with Gasteiger partial charge >= 0.3 is 0 Å². The van der Waals surface area contributed by atoms with E-state index < -0.39 is 0 Å². The predicted octanol–water partition coefficient (Wildman–Crippen LogP) is 3.74. The van der Waals surface area contributed by atoms with Gasteiger partial charge in [0.15, 0.2) is 5.78 Å². The second-order valence-electron chi connectivity index (χ2n) is 6.70. The molecule has 1 aromatic heterocycles. The van der Waals surface area contributed by atoms with Gasteiger partial charge in [0.1, 0.15) is 5.69 Å². The number of hydrogen-bond donors (Lipinski definition) is 0. The highest BCUT2D eigenvalue weighted by Crippen LogP contribution is 2.69. The molecule has 0 saturated heterocycles. The summed E-state index contributed by atoms with van der Waals surface area (Å²) in [5.74, 6) is 0.260. The van der Waals surface area contributed by atoms with Gasteiger partial charge in [0.2, 0.25) is 0 Å². The van der Waals surface area contributed by atoms with Gasteiger partial charge in [-0.25, -0.2) is 4.68 Å². The molecule has 104 valence electrons. The molecule has 0 atom stereocenters. The zero-order chi connectivity index (χ0) is 14.5. The topological polar surface area (TPSA) is 34.9 Å². The first-order chi connectivity index (χ1) is 9.37. The fourth-order valence-corrected chi connectivity index (χ4v) is 3.26. The van der Waals surface area contributed by atoms with Crippen molar-refractivity contribution in [3.05, 3.63) is 48.3 Å². The van der Waals surface area contributed by atoms with E-state index in [1.165, 1.54) is 0 Å². The molecule has 1 aromatic carbocycles. The molecule has 0 bridgehead atoms. The maximum atomic E-state index is 12.8. The number of carbonyl (C=O) groups is 1. The minimum Gasteiger partial charge on any atom is -0.292 e. The van der Waals surface area contributed by atoms with E-state index in [4.69, 9.17) is 0 Å². The summed E-state index contributed by atoms with van der Waals surface area (Å²) in [7, 11) is 0. The molecule has 0 spiro atoms. The van der Waals surface area contributed by atoms with E-state index >= 15 is 0 Å². The first kappa shape index (κ1) is 13.1. The van der Waals surface area contributed by atoms with Gasteiger partial charge in [-0.2, -0.15) is 5.10 Å². The Morgan fingerprint density at radius 1 is 1.05 bits per heavy atom. The maximum absolute atomic E-state index is 12.8. The van der Waals surface area contributed by atoms with Crippen LogP contribution < -0.4 is 0 Å². The number of ketones is 1. The number of para-hydroxylation sites is 1.